The second-order valence-corrected chi connectivity index (χ2v) is 5.52. The summed E-state index contributed by atoms with van der Waals surface area (Å²) in [6.45, 7) is 3.68. The summed E-state index contributed by atoms with van der Waals surface area (Å²) in [6, 6.07) is 6.06. The van der Waals surface area contributed by atoms with Gasteiger partial charge in [-0.2, -0.15) is 0 Å². The van der Waals surface area contributed by atoms with Crippen LogP contribution in [0.4, 0.5) is 5.69 Å². The largest absolute Gasteiger partial charge is 0.493 e. The van der Waals surface area contributed by atoms with Crippen LogP contribution in [-0.4, -0.2) is 20.3 Å². The van der Waals surface area contributed by atoms with E-state index >= 15 is 0 Å². The van der Waals surface area contributed by atoms with Crippen LogP contribution in [0.1, 0.15) is 45.4 Å². The molecule has 0 spiro atoms. The van der Waals surface area contributed by atoms with Gasteiger partial charge in [-0.3, -0.25) is 0 Å². The van der Waals surface area contributed by atoms with Crippen molar-refractivity contribution in [3.05, 3.63) is 18.2 Å². The minimum absolute atomic E-state index is 0.658. The van der Waals surface area contributed by atoms with Crippen LogP contribution in [0.15, 0.2) is 18.2 Å². The zero-order valence-electron chi connectivity index (χ0n) is 12.8. The van der Waals surface area contributed by atoms with Gasteiger partial charge in [0.05, 0.1) is 13.7 Å². The molecule has 3 nitrogen and oxygen atoms in total. The van der Waals surface area contributed by atoms with Crippen molar-refractivity contribution in [1.82, 2.24) is 0 Å². The molecule has 2 rings (SSSR count). The average molecular weight is 277 g/mol. The smallest absolute Gasteiger partial charge is 0.162 e. The molecule has 0 bridgehead atoms. The molecule has 1 aliphatic rings. The standard InChI is InChI=1S/C17H27NO2/c1-3-20-16-10-9-15(13-17(16)19-2)18-12-11-14-7-5-4-6-8-14/h9-10,13-14,18H,3-8,11-12H2,1-2H3. The number of hydrogen-bond donors (Lipinski definition) is 1. The number of hydrogen-bond acceptors (Lipinski definition) is 3. The fourth-order valence-corrected chi connectivity index (χ4v) is 2.95. The summed E-state index contributed by atoms with van der Waals surface area (Å²) in [5.41, 5.74) is 1.11. The van der Waals surface area contributed by atoms with Crippen LogP contribution >= 0.6 is 0 Å². The Hall–Kier alpha value is -1.38. The predicted molar refractivity (Wildman–Crippen MR) is 83.8 cm³/mol. The summed E-state index contributed by atoms with van der Waals surface area (Å²) in [5, 5.41) is 3.50. The Labute approximate surface area is 122 Å². The quantitative estimate of drug-likeness (QED) is 0.797. The molecule has 112 valence electrons. The van der Waals surface area contributed by atoms with Crippen molar-refractivity contribution in [2.75, 3.05) is 25.6 Å². The summed E-state index contributed by atoms with van der Waals surface area (Å²) < 4.78 is 10.9. The third kappa shape index (κ3) is 4.32. The van der Waals surface area contributed by atoms with E-state index < -0.39 is 0 Å². The number of nitrogens with one attached hydrogen (secondary N) is 1. The molecule has 1 saturated carbocycles. The van der Waals surface area contributed by atoms with Crippen LogP contribution in [-0.2, 0) is 0 Å². The molecule has 0 atom stereocenters. The van der Waals surface area contributed by atoms with Crippen LogP contribution in [0.3, 0.4) is 0 Å². The first-order chi connectivity index (χ1) is 9.83. The maximum Gasteiger partial charge on any atom is 0.162 e. The van der Waals surface area contributed by atoms with Gasteiger partial charge in [-0.25, -0.2) is 0 Å². The highest BCUT2D eigenvalue weighted by molar-refractivity contribution is 5.54. The lowest BCUT2D eigenvalue weighted by Crippen LogP contribution is -2.12. The van der Waals surface area contributed by atoms with Crippen molar-refractivity contribution < 1.29 is 9.47 Å². The molecular weight excluding hydrogens is 250 g/mol. The Morgan fingerprint density at radius 3 is 2.65 bits per heavy atom. The Balaban J connectivity index is 1.82. The zero-order valence-corrected chi connectivity index (χ0v) is 12.8. The molecule has 1 fully saturated rings. The summed E-state index contributed by atoms with van der Waals surface area (Å²) in [7, 11) is 1.68. The van der Waals surface area contributed by atoms with Gasteiger partial charge < -0.3 is 14.8 Å². The second-order valence-electron chi connectivity index (χ2n) is 5.52. The van der Waals surface area contributed by atoms with Crippen molar-refractivity contribution >= 4 is 5.69 Å². The van der Waals surface area contributed by atoms with Crippen molar-refractivity contribution in [2.45, 2.75) is 45.4 Å². The topological polar surface area (TPSA) is 30.5 Å². The van der Waals surface area contributed by atoms with Crippen LogP contribution in [0, 0.1) is 5.92 Å². The predicted octanol–water partition coefficient (Wildman–Crippen LogP) is 4.48. The summed E-state index contributed by atoms with van der Waals surface area (Å²) in [5.74, 6) is 2.53. The van der Waals surface area contributed by atoms with E-state index in [1.807, 2.05) is 19.1 Å². The molecule has 0 amide bonds. The Morgan fingerprint density at radius 1 is 1.15 bits per heavy atom. The molecule has 0 radical (unpaired) electrons. The van der Waals surface area contributed by atoms with Gasteiger partial charge in [-0.15, -0.1) is 0 Å². The highest BCUT2D eigenvalue weighted by atomic mass is 16.5. The van der Waals surface area contributed by atoms with E-state index in [1.54, 1.807) is 7.11 Å². The lowest BCUT2D eigenvalue weighted by atomic mass is 9.87. The van der Waals surface area contributed by atoms with Gasteiger partial charge >= 0.3 is 0 Å². The maximum atomic E-state index is 5.53. The van der Waals surface area contributed by atoms with E-state index in [9.17, 15) is 0 Å². The molecule has 0 heterocycles. The molecule has 0 saturated heterocycles. The third-order valence-electron chi connectivity index (χ3n) is 4.07. The van der Waals surface area contributed by atoms with Crippen molar-refractivity contribution in [1.29, 1.82) is 0 Å². The molecular formula is C17H27NO2. The normalized spacial score (nSPS) is 15.9. The minimum Gasteiger partial charge on any atom is -0.493 e. The van der Waals surface area contributed by atoms with Crippen LogP contribution in [0.2, 0.25) is 0 Å². The van der Waals surface area contributed by atoms with E-state index in [1.165, 1.54) is 38.5 Å². The Morgan fingerprint density at radius 2 is 1.95 bits per heavy atom. The van der Waals surface area contributed by atoms with E-state index in [0.717, 1.165) is 29.6 Å². The van der Waals surface area contributed by atoms with Gasteiger partial charge in [0.15, 0.2) is 11.5 Å². The lowest BCUT2D eigenvalue weighted by Gasteiger charge is -2.21. The molecule has 0 aliphatic heterocycles. The van der Waals surface area contributed by atoms with Crippen LogP contribution in [0.25, 0.3) is 0 Å². The minimum atomic E-state index is 0.658. The molecule has 1 N–H and O–H groups in total. The molecule has 1 aliphatic carbocycles. The van der Waals surface area contributed by atoms with Gasteiger partial charge in [-0.1, -0.05) is 32.1 Å². The zero-order chi connectivity index (χ0) is 14.2. The van der Waals surface area contributed by atoms with E-state index in [0.29, 0.717) is 6.61 Å². The highest BCUT2D eigenvalue weighted by Crippen LogP contribution is 2.30. The molecule has 1 aromatic rings. The number of rotatable bonds is 7. The Bertz CT molecular complexity index is 400. The molecule has 1 aromatic carbocycles. The number of methoxy groups -OCH3 is 1. The maximum absolute atomic E-state index is 5.53. The Kier molecular flexibility index (Phi) is 6.03. The summed E-state index contributed by atoms with van der Waals surface area (Å²) in [4.78, 5) is 0. The number of ether oxygens (including phenoxy) is 2. The highest BCUT2D eigenvalue weighted by Gasteiger charge is 2.12. The fourth-order valence-electron chi connectivity index (χ4n) is 2.95. The van der Waals surface area contributed by atoms with Gasteiger partial charge in [0.25, 0.3) is 0 Å². The van der Waals surface area contributed by atoms with Crippen molar-refractivity contribution in [2.24, 2.45) is 5.92 Å². The van der Waals surface area contributed by atoms with Gasteiger partial charge in [0.2, 0.25) is 0 Å². The fraction of sp³-hybridized carbons (Fsp3) is 0.647. The van der Waals surface area contributed by atoms with E-state index in [2.05, 4.69) is 11.4 Å². The van der Waals surface area contributed by atoms with Gasteiger partial charge in [0.1, 0.15) is 0 Å². The molecule has 20 heavy (non-hydrogen) atoms. The van der Waals surface area contributed by atoms with Crippen molar-refractivity contribution in [3.8, 4) is 11.5 Å². The first-order valence-corrected chi connectivity index (χ1v) is 7.88. The molecule has 3 heteroatoms. The summed E-state index contributed by atoms with van der Waals surface area (Å²) in [6.07, 6.45) is 8.36. The van der Waals surface area contributed by atoms with Gasteiger partial charge in [0, 0.05) is 18.3 Å². The number of anilines is 1. The van der Waals surface area contributed by atoms with Crippen molar-refractivity contribution in [3.63, 3.8) is 0 Å². The van der Waals surface area contributed by atoms with E-state index in [4.69, 9.17) is 9.47 Å². The van der Waals surface area contributed by atoms with Crippen LogP contribution in [0.5, 0.6) is 11.5 Å². The van der Waals surface area contributed by atoms with Crippen LogP contribution < -0.4 is 14.8 Å². The summed E-state index contributed by atoms with van der Waals surface area (Å²) >= 11 is 0. The SMILES string of the molecule is CCOc1ccc(NCCC2CCCCC2)cc1OC. The second kappa shape index (κ2) is 8.03. The van der Waals surface area contributed by atoms with Gasteiger partial charge in [-0.05, 0) is 31.4 Å². The monoisotopic (exact) mass is 277 g/mol. The first-order valence-electron chi connectivity index (χ1n) is 7.88. The average Bonchev–Trinajstić information content (AvgIpc) is 2.50. The number of benzene rings is 1. The van der Waals surface area contributed by atoms with E-state index in [-0.39, 0.29) is 0 Å². The molecule has 0 unspecified atom stereocenters. The lowest BCUT2D eigenvalue weighted by molar-refractivity contribution is 0.311. The first kappa shape index (κ1) is 15.0. The molecule has 0 aromatic heterocycles. The third-order valence-corrected chi connectivity index (χ3v) is 4.07.